The van der Waals surface area contributed by atoms with Crippen LogP contribution in [-0.4, -0.2) is 16.2 Å². The summed E-state index contributed by atoms with van der Waals surface area (Å²) in [6, 6.07) is 65.5. The van der Waals surface area contributed by atoms with Gasteiger partial charge in [-0.25, -0.2) is 9.98 Å². The largest absolute Gasteiger partial charge is 0.344 e. The average Bonchev–Trinajstić information content (AvgIpc) is 3.96. The van der Waals surface area contributed by atoms with Crippen LogP contribution in [0.1, 0.15) is 22.9 Å². The van der Waals surface area contributed by atoms with Crippen LogP contribution in [0.5, 0.6) is 0 Å². The molecule has 1 unspecified atom stereocenters. The fourth-order valence-corrected chi connectivity index (χ4v) is 11.0. The van der Waals surface area contributed by atoms with Crippen molar-refractivity contribution in [1.82, 2.24) is 9.88 Å². The number of rotatable bonds is 5. The molecule has 0 fully saturated rings. The molecule has 8 aromatic carbocycles. The van der Waals surface area contributed by atoms with Gasteiger partial charge in [-0.05, 0) is 65.2 Å². The monoisotopic (exact) mass is 764 g/mol. The number of aromatic nitrogens is 1. The summed E-state index contributed by atoms with van der Waals surface area (Å²) >= 11 is 3.70. The molecule has 11 aromatic rings. The number of benzene rings is 8. The summed E-state index contributed by atoms with van der Waals surface area (Å²) in [6.07, 6.45) is -0.247. The van der Waals surface area contributed by atoms with Crippen molar-refractivity contribution >= 4 is 96.5 Å². The molecule has 57 heavy (non-hydrogen) atoms. The van der Waals surface area contributed by atoms with Crippen molar-refractivity contribution < 1.29 is 0 Å². The Labute approximate surface area is 336 Å². The van der Waals surface area contributed by atoms with Crippen molar-refractivity contribution in [3.63, 3.8) is 0 Å². The normalized spacial score (nSPS) is 14.5. The van der Waals surface area contributed by atoms with Crippen molar-refractivity contribution in [3.8, 4) is 16.8 Å². The summed E-state index contributed by atoms with van der Waals surface area (Å²) in [4.78, 5) is 10.2. The molecule has 268 valence electrons. The molecule has 0 spiro atoms. The van der Waals surface area contributed by atoms with Crippen molar-refractivity contribution in [2.24, 2.45) is 9.98 Å². The van der Waals surface area contributed by atoms with Gasteiger partial charge in [0.05, 0.1) is 16.7 Å². The Hall–Kier alpha value is -6.86. The second-order valence-electron chi connectivity index (χ2n) is 14.6. The maximum Gasteiger partial charge on any atom is 0.159 e. The van der Waals surface area contributed by atoms with Gasteiger partial charge in [0.15, 0.2) is 5.84 Å². The van der Waals surface area contributed by atoms with Crippen LogP contribution in [0, 0.1) is 0 Å². The van der Waals surface area contributed by atoms with Gasteiger partial charge in [-0.1, -0.05) is 133 Å². The van der Waals surface area contributed by atoms with Crippen molar-refractivity contribution in [3.05, 3.63) is 199 Å². The first-order chi connectivity index (χ1) is 28.2. The second kappa shape index (κ2) is 12.8. The molecule has 0 saturated carbocycles. The minimum absolute atomic E-state index is 0.247. The van der Waals surface area contributed by atoms with E-state index in [2.05, 4.69) is 168 Å². The summed E-state index contributed by atoms with van der Waals surface area (Å²) in [5, 5.41) is 11.3. The van der Waals surface area contributed by atoms with Crippen molar-refractivity contribution in [2.75, 3.05) is 0 Å². The number of aliphatic imine (C=N–C) groups is 2. The number of hydrogen-bond donors (Lipinski definition) is 1. The summed E-state index contributed by atoms with van der Waals surface area (Å²) in [6.45, 7) is 0. The molecule has 0 saturated heterocycles. The van der Waals surface area contributed by atoms with Crippen molar-refractivity contribution in [1.29, 1.82) is 0 Å². The molecule has 1 aliphatic rings. The lowest BCUT2D eigenvalue weighted by Crippen LogP contribution is -2.33. The standard InChI is InChI=1S/C51H32N4S2/c1-3-13-31(14-4-1)49-52-50(32-15-5-2-6-16-32)54-51(53-49)39-20-11-19-38-37-27-25-34(30-46(37)57-48(38)39)33-26-28-44-40(29-33)47-43(23-12-24-45(47)56-44)55-41-21-9-7-17-35(41)36-18-8-10-22-42(36)55/h1-30,49H,(H,52,53,54). The van der Waals surface area contributed by atoms with Crippen LogP contribution in [0.15, 0.2) is 192 Å². The molecule has 0 aliphatic carbocycles. The Bertz CT molecular complexity index is 3390. The molecule has 1 N–H and O–H groups in total. The van der Waals surface area contributed by atoms with Gasteiger partial charge in [-0.15, -0.1) is 22.7 Å². The zero-order chi connectivity index (χ0) is 37.5. The van der Waals surface area contributed by atoms with E-state index in [0.29, 0.717) is 0 Å². The highest BCUT2D eigenvalue weighted by atomic mass is 32.1. The first-order valence-electron chi connectivity index (χ1n) is 19.2. The highest BCUT2D eigenvalue weighted by Gasteiger charge is 2.23. The molecule has 1 atom stereocenters. The number of nitrogens with one attached hydrogen (secondary N) is 1. The van der Waals surface area contributed by atoms with Crippen LogP contribution in [-0.2, 0) is 0 Å². The Morgan fingerprint density at radius 2 is 1.16 bits per heavy atom. The lowest BCUT2D eigenvalue weighted by atomic mass is 10.0. The van der Waals surface area contributed by atoms with E-state index in [1.807, 2.05) is 46.9 Å². The quantitative estimate of drug-likeness (QED) is 0.186. The third-order valence-corrected chi connectivity index (χ3v) is 13.6. The first-order valence-corrected chi connectivity index (χ1v) is 20.8. The number of hydrogen-bond acceptors (Lipinski definition) is 5. The van der Waals surface area contributed by atoms with E-state index >= 15 is 0 Å². The van der Waals surface area contributed by atoms with E-state index in [-0.39, 0.29) is 6.17 Å². The van der Waals surface area contributed by atoms with E-state index in [4.69, 9.17) is 9.98 Å². The number of thiophene rings is 2. The summed E-state index contributed by atoms with van der Waals surface area (Å²) in [5.41, 5.74) is 9.29. The Balaban J connectivity index is 0.987. The topological polar surface area (TPSA) is 41.7 Å². The highest BCUT2D eigenvalue weighted by molar-refractivity contribution is 7.26. The fraction of sp³-hybridized carbons (Fsp3) is 0.0196. The number of amidine groups is 2. The zero-order valence-electron chi connectivity index (χ0n) is 30.6. The van der Waals surface area contributed by atoms with Gasteiger partial charge in [0.25, 0.3) is 0 Å². The summed E-state index contributed by atoms with van der Waals surface area (Å²) in [5.74, 6) is 1.57. The molecule has 0 bridgehead atoms. The van der Waals surface area contributed by atoms with E-state index in [9.17, 15) is 0 Å². The molecule has 3 aromatic heterocycles. The molecule has 4 nitrogen and oxygen atoms in total. The van der Waals surface area contributed by atoms with Crippen LogP contribution in [0.2, 0.25) is 0 Å². The number of nitrogens with zero attached hydrogens (tertiary/aromatic N) is 3. The lowest BCUT2D eigenvalue weighted by molar-refractivity contribution is 0.674. The highest BCUT2D eigenvalue weighted by Crippen LogP contribution is 2.43. The van der Waals surface area contributed by atoms with E-state index in [0.717, 1.165) is 28.4 Å². The van der Waals surface area contributed by atoms with Crippen LogP contribution in [0.25, 0.3) is 79.0 Å². The molecule has 4 heterocycles. The van der Waals surface area contributed by atoms with Crippen LogP contribution >= 0.6 is 22.7 Å². The molecule has 12 rings (SSSR count). The third kappa shape index (κ3) is 5.18. The van der Waals surface area contributed by atoms with Gasteiger partial charge in [-0.2, -0.15) is 0 Å². The fourth-order valence-electron chi connectivity index (χ4n) is 8.63. The van der Waals surface area contributed by atoms with E-state index in [1.54, 1.807) is 0 Å². The predicted molar refractivity (Wildman–Crippen MR) is 244 cm³/mol. The first kappa shape index (κ1) is 32.4. The molecule has 0 amide bonds. The van der Waals surface area contributed by atoms with Crippen LogP contribution < -0.4 is 5.32 Å². The lowest BCUT2D eigenvalue weighted by Gasteiger charge is -2.24. The van der Waals surface area contributed by atoms with E-state index < -0.39 is 0 Å². The third-order valence-electron chi connectivity index (χ3n) is 11.3. The van der Waals surface area contributed by atoms with Gasteiger partial charge >= 0.3 is 0 Å². The predicted octanol–water partition coefficient (Wildman–Crippen LogP) is 13.7. The molecule has 0 radical (unpaired) electrons. The maximum absolute atomic E-state index is 5.15. The second-order valence-corrected chi connectivity index (χ2v) is 16.7. The molecular weight excluding hydrogens is 733 g/mol. The summed E-state index contributed by atoms with van der Waals surface area (Å²) in [7, 11) is 0. The zero-order valence-corrected chi connectivity index (χ0v) is 32.2. The van der Waals surface area contributed by atoms with E-state index in [1.165, 1.54) is 79.0 Å². The van der Waals surface area contributed by atoms with Gasteiger partial charge in [0.1, 0.15) is 12.0 Å². The number of para-hydroxylation sites is 2. The Morgan fingerprint density at radius 3 is 1.96 bits per heavy atom. The SMILES string of the molecule is c1ccc(C2=NC(c3ccccc3)NC(c3cccc4c3sc3cc(-c5ccc6sc7cccc(-n8c9ccccc9c9ccccc98)c7c6c5)ccc34)=N2)cc1. The minimum atomic E-state index is -0.247. The molecule has 6 heteroatoms. The Morgan fingerprint density at radius 1 is 0.474 bits per heavy atom. The molecule has 1 aliphatic heterocycles. The van der Waals surface area contributed by atoms with Crippen molar-refractivity contribution in [2.45, 2.75) is 6.17 Å². The van der Waals surface area contributed by atoms with Gasteiger partial charge in [-0.3, -0.25) is 0 Å². The Kier molecular flexibility index (Phi) is 7.30. The smallest absolute Gasteiger partial charge is 0.159 e. The van der Waals surface area contributed by atoms with Crippen LogP contribution in [0.3, 0.4) is 0 Å². The average molecular weight is 765 g/mol. The number of fused-ring (bicyclic) bond motifs is 9. The summed E-state index contributed by atoms with van der Waals surface area (Å²) < 4.78 is 7.51. The van der Waals surface area contributed by atoms with Gasteiger partial charge in [0, 0.05) is 62.2 Å². The maximum atomic E-state index is 5.15. The van der Waals surface area contributed by atoms with Gasteiger partial charge in [0.2, 0.25) is 0 Å². The minimum Gasteiger partial charge on any atom is -0.344 e. The van der Waals surface area contributed by atoms with Crippen LogP contribution in [0.4, 0.5) is 0 Å². The molecular formula is C51H32N4S2. The van der Waals surface area contributed by atoms with Gasteiger partial charge < -0.3 is 9.88 Å².